The number of amides is 3. The zero-order chi connectivity index (χ0) is 19.8. The Kier molecular flexibility index (Phi) is 7.19. The van der Waals surface area contributed by atoms with Crippen LogP contribution < -0.4 is 10.6 Å². The van der Waals surface area contributed by atoms with E-state index in [2.05, 4.69) is 10.6 Å². The number of hydrogen-bond donors (Lipinski definition) is 2. The molecule has 7 heteroatoms. The highest BCUT2D eigenvalue weighted by Crippen LogP contribution is 2.26. The summed E-state index contributed by atoms with van der Waals surface area (Å²) in [5, 5.41) is 9.22. The fourth-order valence-electron chi connectivity index (χ4n) is 3.35. The Balaban J connectivity index is 1.76. The third kappa shape index (κ3) is 5.42. The first kappa shape index (κ1) is 20.1. The summed E-state index contributed by atoms with van der Waals surface area (Å²) in [6.45, 7) is 1.16. The maximum Gasteiger partial charge on any atom is 0.252 e. The van der Waals surface area contributed by atoms with Crippen LogP contribution in [0.4, 0.5) is 0 Å². The minimum Gasteiger partial charge on any atom is -0.356 e. The number of carbonyl (C=O) groups excluding carboxylic acids is 3. The van der Waals surface area contributed by atoms with Gasteiger partial charge in [-0.25, -0.2) is 0 Å². The van der Waals surface area contributed by atoms with E-state index in [9.17, 15) is 14.4 Å². The van der Waals surface area contributed by atoms with Crippen molar-refractivity contribution in [3.8, 4) is 0 Å². The van der Waals surface area contributed by atoms with E-state index in [1.165, 1.54) is 11.3 Å². The van der Waals surface area contributed by atoms with E-state index in [0.717, 1.165) is 24.8 Å². The second-order valence-corrected chi connectivity index (χ2v) is 7.60. The SMILES string of the molecule is O=C1CC(c2ccccc2)N(C(=O)CNC(=O)c2ccsc2)CCCCCN1. The fraction of sp³-hybridized carbons (Fsp3) is 0.381. The van der Waals surface area contributed by atoms with Crippen molar-refractivity contribution < 1.29 is 14.4 Å². The molecule has 0 bridgehead atoms. The van der Waals surface area contributed by atoms with Crippen LogP contribution >= 0.6 is 11.3 Å². The Labute approximate surface area is 168 Å². The van der Waals surface area contributed by atoms with Crippen molar-refractivity contribution >= 4 is 29.1 Å². The van der Waals surface area contributed by atoms with Gasteiger partial charge in [-0.3, -0.25) is 14.4 Å². The number of hydrogen-bond acceptors (Lipinski definition) is 4. The van der Waals surface area contributed by atoms with Gasteiger partial charge in [-0.15, -0.1) is 0 Å². The van der Waals surface area contributed by atoms with Crippen LogP contribution in [0.3, 0.4) is 0 Å². The maximum atomic E-state index is 13.0. The number of rotatable bonds is 4. The summed E-state index contributed by atoms with van der Waals surface area (Å²) in [6, 6.07) is 11.0. The van der Waals surface area contributed by atoms with Gasteiger partial charge in [-0.05, 0) is 36.3 Å². The number of thiophene rings is 1. The lowest BCUT2D eigenvalue weighted by molar-refractivity contribution is -0.134. The molecule has 1 fully saturated rings. The van der Waals surface area contributed by atoms with Gasteiger partial charge in [0.25, 0.3) is 5.91 Å². The number of carbonyl (C=O) groups is 3. The second kappa shape index (κ2) is 10.0. The summed E-state index contributed by atoms with van der Waals surface area (Å²) in [5.41, 5.74) is 1.48. The molecule has 1 aromatic heterocycles. The molecule has 1 aromatic carbocycles. The summed E-state index contributed by atoms with van der Waals surface area (Å²) in [4.78, 5) is 39.3. The van der Waals surface area contributed by atoms with Gasteiger partial charge in [0.2, 0.25) is 11.8 Å². The maximum absolute atomic E-state index is 13.0. The molecule has 28 heavy (non-hydrogen) atoms. The van der Waals surface area contributed by atoms with E-state index in [1.807, 2.05) is 35.7 Å². The van der Waals surface area contributed by atoms with Crippen molar-refractivity contribution in [1.29, 1.82) is 0 Å². The fourth-order valence-corrected chi connectivity index (χ4v) is 3.99. The normalized spacial score (nSPS) is 18.2. The summed E-state index contributed by atoms with van der Waals surface area (Å²) in [5.74, 6) is -0.494. The lowest BCUT2D eigenvalue weighted by atomic mass is 10.00. The van der Waals surface area contributed by atoms with Gasteiger partial charge in [0.1, 0.15) is 0 Å². The van der Waals surface area contributed by atoms with E-state index in [0.29, 0.717) is 18.7 Å². The van der Waals surface area contributed by atoms with E-state index in [-0.39, 0.29) is 36.7 Å². The highest BCUT2D eigenvalue weighted by Gasteiger charge is 2.28. The molecule has 0 saturated carbocycles. The Morgan fingerprint density at radius 3 is 2.71 bits per heavy atom. The van der Waals surface area contributed by atoms with Crippen molar-refractivity contribution in [2.75, 3.05) is 19.6 Å². The predicted molar refractivity (Wildman–Crippen MR) is 109 cm³/mol. The molecule has 6 nitrogen and oxygen atoms in total. The van der Waals surface area contributed by atoms with Crippen molar-refractivity contribution in [3.63, 3.8) is 0 Å². The van der Waals surface area contributed by atoms with Gasteiger partial charge in [-0.1, -0.05) is 30.3 Å². The van der Waals surface area contributed by atoms with Crippen molar-refractivity contribution in [2.45, 2.75) is 31.7 Å². The van der Waals surface area contributed by atoms with Crippen LogP contribution in [-0.4, -0.2) is 42.3 Å². The first-order valence-electron chi connectivity index (χ1n) is 9.56. The zero-order valence-corrected chi connectivity index (χ0v) is 16.5. The summed E-state index contributed by atoms with van der Waals surface area (Å²) >= 11 is 1.44. The lowest BCUT2D eigenvalue weighted by Crippen LogP contribution is -2.44. The minimum atomic E-state index is -0.343. The third-order valence-electron chi connectivity index (χ3n) is 4.84. The molecule has 2 N–H and O–H groups in total. The molecule has 3 rings (SSSR count). The molecule has 3 amide bonds. The van der Waals surface area contributed by atoms with Crippen molar-refractivity contribution in [3.05, 3.63) is 58.3 Å². The van der Waals surface area contributed by atoms with E-state index in [4.69, 9.17) is 0 Å². The molecule has 1 aliphatic rings. The molecule has 148 valence electrons. The molecular weight excluding hydrogens is 374 g/mol. The molecule has 0 spiro atoms. The Morgan fingerprint density at radius 1 is 1.14 bits per heavy atom. The Morgan fingerprint density at radius 2 is 1.96 bits per heavy atom. The van der Waals surface area contributed by atoms with E-state index < -0.39 is 0 Å². The summed E-state index contributed by atoms with van der Waals surface area (Å²) in [6.07, 6.45) is 2.92. The Hall–Kier alpha value is -2.67. The molecule has 1 saturated heterocycles. The molecule has 1 aliphatic heterocycles. The summed E-state index contributed by atoms with van der Waals surface area (Å²) < 4.78 is 0. The van der Waals surface area contributed by atoms with Gasteiger partial charge in [0.05, 0.1) is 19.0 Å². The third-order valence-corrected chi connectivity index (χ3v) is 5.52. The van der Waals surface area contributed by atoms with Crippen molar-refractivity contribution in [2.24, 2.45) is 0 Å². The van der Waals surface area contributed by atoms with Crippen LogP contribution in [-0.2, 0) is 9.59 Å². The number of nitrogens with zero attached hydrogens (tertiary/aromatic N) is 1. The molecular formula is C21H25N3O3S. The molecule has 1 unspecified atom stereocenters. The predicted octanol–water partition coefficient (Wildman–Crippen LogP) is 2.74. The van der Waals surface area contributed by atoms with E-state index in [1.54, 1.807) is 16.3 Å². The summed E-state index contributed by atoms with van der Waals surface area (Å²) in [7, 11) is 0. The largest absolute Gasteiger partial charge is 0.356 e. The Bertz CT molecular complexity index is 792. The molecule has 0 aliphatic carbocycles. The van der Waals surface area contributed by atoms with Gasteiger partial charge in [-0.2, -0.15) is 11.3 Å². The second-order valence-electron chi connectivity index (χ2n) is 6.82. The minimum absolute atomic E-state index is 0.0594. The zero-order valence-electron chi connectivity index (χ0n) is 15.7. The lowest BCUT2D eigenvalue weighted by Gasteiger charge is -2.33. The monoisotopic (exact) mass is 399 g/mol. The quantitative estimate of drug-likeness (QED) is 0.830. The smallest absolute Gasteiger partial charge is 0.252 e. The number of nitrogens with one attached hydrogen (secondary N) is 2. The molecule has 0 radical (unpaired) electrons. The van der Waals surface area contributed by atoms with Crippen LogP contribution in [0.25, 0.3) is 0 Å². The first-order chi connectivity index (χ1) is 13.6. The van der Waals surface area contributed by atoms with Crippen LogP contribution in [0.15, 0.2) is 47.2 Å². The van der Waals surface area contributed by atoms with Crippen LogP contribution in [0.1, 0.15) is 47.6 Å². The van der Waals surface area contributed by atoms with Gasteiger partial charge >= 0.3 is 0 Å². The molecule has 2 aromatic rings. The van der Waals surface area contributed by atoms with Crippen LogP contribution in [0, 0.1) is 0 Å². The van der Waals surface area contributed by atoms with Gasteiger partial charge in [0.15, 0.2) is 0 Å². The number of benzene rings is 1. The van der Waals surface area contributed by atoms with Crippen molar-refractivity contribution in [1.82, 2.24) is 15.5 Å². The highest BCUT2D eigenvalue weighted by atomic mass is 32.1. The van der Waals surface area contributed by atoms with Crippen LogP contribution in [0.5, 0.6) is 0 Å². The van der Waals surface area contributed by atoms with Gasteiger partial charge < -0.3 is 15.5 Å². The van der Waals surface area contributed by atoms with Crippen LogP contribution in [0.2, 0.25) is 0 Å². The topological polar surface area (TPSA) is 78.5 Å². The van der Waals surface area contributed by atoms with E-state index >= 15 is 0 Å². The van der Waals surface area contributed by atoms with Gasteiger partial charge in [0, 0.05) is 24.0 Å². The molecule has 2 heterocycles. The average molecular weight is 400 g/mol. The average Bonchev–Trinajstić information content (AvgIpc) is 3.26. The highest BCUT2D eigenvalue weighted by molar-refractivity contribution is 7.08. The molecule has 1 atom stereocenters. The first-order valence-corrected chi connectivity index (χ1v) is 10.5. The standard InChI is InChI=1S/C21H25N3O3S/c25-19-13-18(16-7-3-1-4-8-16)24(11-6-2-5-10-22-19)20(26)14-23-21(27)17-9-12-28-15-17/h1,3-4,7-9,12,15,18H,2,5-6,10-11,13-14H2,(H,22,25)(H,23,27).